The van der Waals surface area contributed by atoms with Crippen LogP contribution in [0.5, 0.6) is 6.01 Å². The maximum Gasteiger partial charge on any atom is 0.318 e. The van der Waals surface area contributed by atoms with E-state index in [1.165, 1.54) is 5.56 Å². The Morgan fingerprint density at radius 3 is 2.85 bits per heavy atom. The van der Waals surface area contributed by atoms with Gasteiger partial charge in [0.15, 0.2) is 0 Å². The minimum atomic E-state index is 0.126. The molecule has 4 aliphatic rings. The number of hydrogen-bond donors (Lipinski definition) is 1. The van der Waals surface area contributed by atoms with E-state index in [1.54, 1.807) is 0 Å². The topological polar surface area (TPSA) is 89.8 Å². The van der Waals surface area contributed by atoms with E-state index in [-0.39, 0.29) is 6.04 Å². The van der Waals surface area contributed by atoms with Crippen molar-refractivity contribution < 1.29 is 9.47 Å². The zero-order chi connectivity index (χ0) is 27.8. The van der Waals surface area contributed by atoms with Crippen LogP contribution in [0.15, 0.2) is 36.4 Å². The SMILES string of the molecule is N#CC[C@H]1CN(c2nc(OCCCN3C[C@@H]4C[C@@H]3CO4)nc3c2CCN(c2cccc4cccc(Cl)c24)C3)CCN1. The third kappa shape index (κ3) is 5.42. The number of ether oxygens (including phenoxy) is 2. The zero-order valence-electron chi connectivity index (χ0n) is 23.3. The molecule has 3 atom stereocenters. The molecule has 10 heteroatoms. The van der Waals surface area contributed by atoms with Gasteiger partial charge in [0.2, 0.25) is 0 Å². The molecule has 214 valence electrons. The average molecular weight is 574 g/mol. The minimum absolute atomic E-state index is 0.126. The number of hydrogen-bond acceptors (Lipinski definition) is 9. The maximum absolute atomic E-state index is 9.30. The second-order valence-electron chi connectivity index (χ2n) is 11.5. The Labute approximate surface area is 246 Å². The van der Waals surface area contributed by atoms with E-state index in [0.717, 1.165) is 98.1 Å². The van der Waals surface area contributed by atoms with Crippen molar-refractivity contribution in [2.45, 2.75) is 50.4 Å². The van der Waals surface area contributed by atoms with Crippen molar-refractivity contribution in [2.75, 3.05) is 62.3 Å². The molecule has 2 bridgehead atoms. The van der Waals surface area contributed by atoms with Crippen molar-refractivity contribution in [3.8, 4) is 12.1 Å². The largest absolute Gasteiger partial charge is 0.463 e. The third-order valence-electron chi connectivity index (χ3n) is 8.92. The molecule has 3 saturated heterocycles. The molecule has 0 unspecified atom stereocenters. The number of nitriles is 1. The number of aromatic nitrogens is 2. The van der Waals surface area contributed by atoms with Gasteiger partial charge in [-0.1, -0.05) is 35.9 Å². The van der Waals surface area contributed by atoms with Gasteiger partial charge in [-0.15, -0.1) is 0 Å². The summed E-state index contributed by atoms with van der Waals surface area (Å²) in [5.41, 5.74) is 3.32. The molecular weight excluding hydrogens is 538 g/mol. The number of piperazine rings is 1. The van der Waals surface area contributed by atoms with E-state index in [4.69, 9.17) is 31.0 Å². The Bertz CT molecular complexity index is 1460. The fourth-order valence-electron chi connectivity index (χ4n) is 6.91. The molecule has 0 amide bonds. The highest BCUT2D eigenvalue weighted by Crippen LogP contribution is 2.37. The quantitative estimate of drug-likeness (QED) is 0.404. The molecule has 3 fully saturated rings. The first-order valence-corrected chi connectivity index (χ1v) is 15.2. The van der Waals surface area contributed by atoms with E-state index >= 15 is 0 Å². The molecule has 4 aliphatic heterocycles. The molecule has 0 spiro atoms. The predicted molar refractivity (Wildman–Crippen MR) is 160 cm³/mol. The summed E-state index contributed by atoms with van der Waals surface area (Å²) in [6, 6.07) is 15.9. The van der Waals surface area contributed by atoms with Crippen LogP contribution in [0.1, 0.15) is 30.5 Å². The van der Waals surface area contributed by atoms with Crippen molar-refractivity contribution in [2.24, 2.45) is 0 Å². The lowest BCUT2D eigenvalue weighted by Crippen LogP contribution is -2.51. The summed E-state index contributed by atoms with van der Waals surface area (Å²) in [5, 5.41) is 15.7. The fraction of sp³-hybridized carbons (Fsp3) is 0.516. The number of morpholine rings is 1. The molecule has 9 nitrogen and oxygen atoms in total. The minimum Gasteiger partial charge on any atom is -0.463 e. The summed E-state index contributed by atoms with van der Waals surface area (Å²) < 4.78 is 12.0. The van der Waals surface area contributed by atoms with E-state index in [0.29, 0.717) is 37.7 Å². The number of fused-ring (bicyclic) bond motifs is 4. The maximum atomic E-state index is 9.30. The standard InChI is InChI=1S/C31H36ClN7O2/c32-26-6-1-4-21-5-2-7-28(29(21)26)38-13-9-25-27(19-38)35-31(36-30(25)39-14-11-34-22(17-39)8-10-33)40-15-3-12-37-18-24-16-23(37)20-41-24/h1-2,4-7,22-24,34H,3,8-9,11-20H2/t22-,23+,24-/m0/s1. The van der Waals surface area contributed by atoms with Crippen LogP contribution in [-0.2, 0) is 17.7 Å². The lowest BCUT2D eigenvalue weighted by molar-refractivity contribution is 0.0287. The Kier molecular flexibility index (Phi) is 7.57. The molecule has 1 N–H and O–H groups in total. The zero-order valence-corrected chi connectivity index (χ0v) is 24.0. The van der Waals surface area contributed by atoms with Crippen molar-refractivity contribution in [3.05, 3.63) is 52.7 Å². The Morgan fingerprint density at radius 2 is 2.02 bits per heavy atom. The molecule has 0 saturated carbocycles. The van der Waals surface area contributed by atoms with Crippen molar-refractivity contribution in [1.82, 2.24) is 20.2 Å². The lowest BCUT2D eigenvalue weighted by Gasteiger charge is -2.37. The van der Waals surface area contributed by atoms with E-state index < -0.39 is 0 Å². The van der Waals surface area contributed by atoms with E-state index in [1.807, 2.05) is 12.1 Å². The molecule has 0 aliphatic carbocycles. The van der Waals surface area contributed by atoms with Gasteiger partial charge >= 0.3 is 6.01 Å². The van der Waals surface area contributed by atoms with Crippen LogP contribution < -0.4 is 19.9 Å². The number of anilines is 2. The molecular formula is C31H36ClN7O2. The van der Waals surface area contributed by atoms with Gasteiger partial charge in [0.25, 0.3) is 0 Å². The number of nitrogens with zero attached hydrogens (tertiary/aromatic N) is 6. The van der Waals surface area contributed by atoms with Crippen LogP contribution in [0.4, 0.5) is 11.5 Å². The van der Waals surface area contributed by atoms with Crippen LogP contribution in [0.25, 0.3) is 10.8 Å². The van der Waals surface area contributed by atoms with Gasteiger partial charge in [0.05, 0.1) is 49.1 Å². The van der Waals surface area contributed by atoms with Crippen LogP contribution in [0.3, 0.4) is 0 Å². The Balaban J connectivity index is 1.14. The smallest absolute Gasteiger partial charge is 0.318 e. The monoisotopic (exact) mass is 573 g/mol. The van der Waals surface area contributed by atoms with Gasteiger partial charge in [0, 0.05) is 68.0 Å². The number of halogens is 1. The highest BCUT2D eigenvalue weighted by Gasteiger charge is 2.38. The summed E-state index contributed by atoms with van der Waals surface area (Å²) in [5.74, 6) is 0.957. The van der Waals surface area contributed by atoms with Crippen LogP contribution in [0.2, 0.25) is 5.02 Å². The molecule has 41 heavy (non-hydrogen) atoms. The van der Waals surface area contributed by atoms with Crippen molar-refractivity contribution in [1.29, 1.82) is 5.26 Å². The van der Waals surface area contributed by atoms with Crippen LogP contribution in [0, 0.1) is 11.3 Å². The van der Waals surface area contributed by atoms with Gasteiger partial charge in [-0.3, -0.25) is 4.90 Å². The van der Waals surface area contributed by atoms with Gasteiger partial charge < -0.3 is 24.6 Å². The highest BCUT2D eigenvalue weighted by atomic mass is 35.5. The number of nitrogens with one attached hydrogen (secondary N) is 1. The second kappa shape index (κ2) is 11.6. The van der Waals surface area contributed by atoms with Gasteiger partial charge in [0.1, 0.15) is 5.82 Å². The van der Waals surface area contributed by atoms with Crippen molar-refractivity contribution >= 4 is 33.9 Å². The number of benzene rings is 2. The molecule has 0 radical (unpaired) electrons. The molecule has 7 rings (SSSR count). The lowest BCUT2D eigenvalue weighted by atomic mass is 10.0. The van der Waals surface area contributed by atoms with Gasteiger partial charge in [-0.2, -0.15) is 15.2 Å². The van der Waals surface area contributed by atoms with E-state index in [9.17, 15) is 5.26 Å². The number of rotatable bonds is 8. The Hall–Kier alpha value is -3.16. The average Bonchev–Trinajstić information content (AvgIpc) is 3.63. The number of likely N-dealkylation sites (tertiary alicyclic amines) is 1. The molecule has 2 aromatic carbocycles. The third-order valence-corrected chi connectivity index (χ3v) is 9.24. The Morgan fingerprint density at radius 1 is 1.12 bits per heavy atom. The van der Waals surface area contributed by atoms with Gasteiger partial charge in [-0.25, -0.2) is 0 Å². The first-order valence-electron chi connectivity index (χ1n) is 14.8. The normalized spacial score (nSPS) is 24.0. The first-order chi connectivity index (χ1) is 20.2. The summed E-state index contributed by atoms with van der Waals surface area (Å²) in [7, 11) is 0. The summed E-state index contributed by atoms with van der Waals surface area (Å²) >= 11 is 6.69. The summed E-state index contributed by atoms with van der Waals surface area (Å²) in [4.78, 5) is 17.2. The first kappa shape index (κ1) is 26.7. The van der Waals surface area contributed by atoms with Crippen molar-refractivity contribution in [3.63, 3.8) is 0 Å². The van der Waals surface area contributed by atoms with Crippen LogP contribution in [-0.4, -0.2) is 85.5 Å². The summed E-state index contributed by atoms with van der Waals surface area (Å²) in [6.45, 7) is 7.40. The second-order valence-corrected chi connectivity index (χ2v) is 11.9. The fourth-order valence-corrected chi connectivity index (χ4v) is 7.19. The predicted octanol–water partition coefficient (Wildman–Crippen LogP) is 3.78. The molecule has 3 aromatic rings. The van der Waals surface area contributed by atoms with E-state index in [2.05, 4.69) is 50.4 Å². The van der Waals surface area contributed by atoms with Gasteiger partial charge in [-0.05, 0) is 36.8 Å². The summed E-state index contributed by atoms with van der Waals surface area (Å²) in [6.07, 6.45) is 3.81. The molecule has 5 heterocycles. The molecule has 1 aromatic heterocycles. The van der Waals surface area contributed by atoms with Crippen LogP contribution >= 0.6 is 11.6 Å². The highest BCUT2D eigenvalue weighted by molar-refractivity contribution is 6.36.